The number of para-hydroxylation sites is 1. The Morgan fingerprint density at radius 2 is 2.04 bits per heavy atom. The van der Waals surface area contributed by atoms with Crippen LogP contribution in [0.5, 0.6) is 0 Å². The molecular weight excluding hydrogens is 397 g/mol. The van der Waals surface area contributed by atoms with E-state index in [-0.39, 0.29) is 10.5 Å². The first-order valence-corrected chi connectivity index (χ1v) is 9.34. The van der Waals surface area contributed by atoms with Crippen LogP contribution >= 0.6 is 23.1 Å². The van der Waals surface area contributed by atoms with Gasteiger partial charge in [-0.15, -0.1) is 11.3 Å². The van der Waals surface area contributed by atoms with Crippen LogP contribution in [-0.4, -0.2) is 21.1 Å². The smallest absolute Gasteiger partial charge is 0.316 e. The largest absolute Gasteiger partial charge is 0.451 e. The summed E-state index contributed by atoms with van der Waals surface area (Å²) >= 11 is 2.10. The molecule has 1 N–H and O–H groups in total. The van der Waals surface area contributed by atoms with Crippen molar-refractivity contribution in [2.45, 2.75) is 23.4 Å². The van der Waals surface area contributed by atoms with Gasteiger partial charge in [0.25, 0.3) is 0 Å². The summed E-state index contributed by atoms with van der Waals surface area (Å²) in [6.45, 7) is 1.56. The molecule has 1 aromatic carbocycles. The zero-order chi connectivity index (χ0) is 19.6. The molecule has 0 saturated carbocycles. The van der Waals surface area contributed by atoms with E-state index in [1.54, 1.807) is 36.6 Å². The van der Waals surface area contributed by atoms with Crippen molar-refractivity contribution < 1.29 is 18.0 Å². The molecule has 5 nitrogen and oxygen atoms in total. The van der Waals surface area contributed by atoms with Gasteiger partial charge in [-0.2, -0.15) is 18.4 Å². The number of alkyl halides is 3. The SMILES string of the molecule is C[C@@H](Sc1nc(C(F)(F)F)nc2ccccc12)C(=O)Nc1sccc1C#N. The predicted molar refractivity (Wildman–Crippen MR) is 97.5 cm³/mol. The molecular formula is C17H11F3N4OS2. The number of anilines is 1. The number of nitrogens with one attached hydrogen (secondary N) is 1. The van der Waals surface area contributed by atoms with Crippen molar-refractivity contribution in [3.05, 3.63) is 47.1 Å². The van der Waals surface area contributed by atoms with Gasteiger partial charge >= 0.3 is 6.18 Å². The van der Waals surface area contributed by atoms with Gasteiger partial charge in [0.15, 0.2) is 0 Å². The molecule has 3 rings (SSSR count). The molecule has 138 valence electrons. The van der Waals surface area contributed by atoms with Gasteiger partial charge < -0.3 is 5.32 Å². The Hall–Kier alpha value is -2.64. The summed E-state index contributed by atoms with van der Waals surface area (Å²) in [5.74, 6) is -1.68. The number of hydrogen-bond donors (Lipinski definition) is 1. The van der Waals surface area contributed by atoms with Crippen LogP contribution in [0.15, 0.2) is 40.7 Å². The lowest BCUT2D eigenvalue weighted by molar-refractivity contribution is -0.145. The second-order valence-corrected chi connectivity index (χ2v) is 7.64. The van der Waals surface area contributed by atoms with E-state index in [2.05, 4.69) is 15.3 Å². The fourth-order valence-electron chi connectivity index (χ4n) is 2.19. The highest BCUT2D eigenvalue weighted by Crippen LogP contribution is 2.34. The van der Waals surface area contributed by atoms with Crippen LogP contribution in [0.1, 0.15) is 18.3 Å². The molecule has 0 aliphatic rings. The molecule has 0 saturated heterocycles. The lowest BCUT2D eigenvalue weighted by atomic mass is 10.2. The number of carbonyl (C=O) groups is 1. The van der Waals surface area contributed by atoms with Gasteiger partial charge in [-0.3, -0.25) is 4.79 Å². The first-order valence-electron chi connectivity index (χ1n) is 7.58. The molecule has 10 heteroatoms. The van der Waals surface area contributed by atoms with Crippen molar-refractivity contribution in [1.29, 1.82) is 5.26 Å². The Kier molecular flexibility index (Phi) is 5.34. The molecule has 0 spiro atoms. The van der Waals surface area contributed by atoms with Crippen molar-refractivity contribution in [3.8, 4) is 6.07 Å². The van der Waals surface area contributed by atoms with Crippen molar-refractivity contribution in [2.75, 3.05) is 5.32 Å². The summed E-state index contributed by atoms with van der Waals surface area (Å²) in [6, 6.07) is 9.86. The van der Waals surface area contributed by atoms with E-state index in [1.165, 1.54) is 17.4 Å². The number of thiophene rings is 1. The van der Waals surface area contributed by atoms with Crippen LogP contribution in [0, 0.1) is 11.3 Å². The third-order valence-corrected chi connectivity index (χ3v) is 5.43. The maximum atomic E-state index is 13.1. The summed E-state index contributed by atoms with van der Waals surface area (Å²) in [5.41, 5.74) is 0.484. The monoisotopic (exact) mass is 408 g/mol. The summed E-state index contributed by atoms with van der Waals surface area (Å²) in [7, 11) is 0. The maximum Gasteiger partial charge on any atom is 0.451 e. The number of carbonyl (C=O) groups excluding carboxylic acids is 1. The molecule has 0 fully saturated rings. The molecule has 1 amide bonds. The van der Waals surface area contributed by atoms with Crippen LogP contribution < -0.4 is 5.32 Å². The molecule has 0 bridgehead atoms. The van der Waals surface area contributed by atoms with E-state index >= 15 is 0 Å². The van der Waals surface area contributed by atoms with E-state index in [9.17, 15) is 18.0 Å². The zero-order valence-corrected chi connectivity index (χ0v) is 15.4. The van der Waals surface area contributed by atoms with Crippen LogP contribution in [0.4, 0.5) is 18.2 Å². The summed E-state index contributed by atoms with van der Waals surface area (Å²) in [5, 5.41) is 13.5. The van der Waals surface area contributed by atoms with Crippen molar-refractivity contribution >= 4 is 44.9 Å². The molecule has 0 aliphatic heterocycles. The normalized spacial score (nSPS) is 12.6. The van der Waals surface area contributed by atoms with E-state index in [4.69, 9.17) is 5.26 Å². The lowest BCUT2D eigenvalue weighted by Gasteiger charge is -2.14. The Balaban J connectivity index is 1.89. The van der Waals surface area contributed by atoms with Gasteiger partial charge in [-0.05, 0) is 24.4 Å². The van der Waals surface area contributed by atoms with E-state index < -0.39 is 23.2 Å². The quantitative estimate of drug-likeness (QED) is 0.500. The number of amides is 1. The number of nitriles is 1. The fourth-order valence-corrected chi connectivity index (χ4v) is 3.87. The second-order valence-electron chi connectivity index (χ2n) is 5.39. The average molecular weight is 408 g/mol. The third kappa shape index (κ3) is 4.20. The average Bonchev–Trinajstić information content (AvgIpc) is 3.07. The van der Waals surface area contributed by atoms with E-state index in [0.717, 1.165) is 11.8 Å². The van der Waals surface area contributed by atoms with Crippen molar-refractivity contribution in [3.63, 3.8) is 0 Å². The zero-order valence-electron chi connectivity index (χ0n) is 13.7. The van der Waals surface area contributed by atoms with Gasteiger partial charge in [-0.1, -0.05) is 30.0 Å². The van der Waals surface area contributed by atoms with E-state index in [0.29, 0.717) is 16.0 Å². The van der Waals surface area contributed by atoms with Gasteiger partial charge in [0, 0.05) is 5.39 Å². The van der Waals surface area contributed by atoms with Gasteiger partial charge in [0.2, 0.25) is 11.7 Å². The Labute approximate surface area is 160 Å². The van der Waals surface area contributed by atoms with Crippen LogP contribution in [0.25, 0.3) is 10.9 Å². The summed E-state index contributed by atoms with van der Waals surface area (Å²) in [4.78, 5) is 19.6. The van der Waals surface area contributed by atoms with Crippen LogP contribution in [0.3, 0.4) is 0 Å². The molecule has 0 radical (unpaired) electrons. The number of halogens is 3. The second kappa shape index (κ2) is 7.54. The minimum absolute atomic E-state index is 0.0715. The number of thioether (sulfide) groups is 1. The van der Waals surface area contributed by atoms with Gasteiger partial charge in [-0.25, -0.2) is 9.97 Å². The Morgan fingerprint density at radius 1 is 1.30 bits per heavy atom. The van der Waals surface area contributed by atoms with E-state index in [1.807, 2.05) is 6.07 Å². The third-order valence-electron chi connectivity index (χ3n) is 3.50. The van der Waals surface area contributed by atoms with Gasteiger partial charge in [0.05, 0.1) is 16.3 Å². The molecule has 0 unspecified atom stereocenters. The molecule has 27 heavy (non-hydrogen) atoms. The summed E-state index contributed by atoms with van der Waals surface area (Å²) in [6.07, 6.45) is -4.69. The lowest BCUT2D eigenvalue weighted by Crippen LogP contribution is -2.22. The number of fused-ring (bicyclic) bond motifs is 1. The standard InChI is InChI=1S/C17H11F3N4OS2/c1-9(13(25)23-14-10(8-21)6-7-26-14)27-15-11-4-2-3-5-12(11)22-16(24-15)17(18,19)20/h2-7,9H,1H3,(H,23,25)/t9-/m1/s1. The highest BCUT2D eigenvalue weighted by atomic mass is 32.2. The van der Waals surface area contributed by atoms with Crippen LogP contribution in [-0.2, 0) is 11.0 Å². The topological polar surface area (TPSA) is 78.7 Å². The first-order chi connectivity index (χ1) is 12.8. The number of hydrogen-bond acceptors (Lipinski definition) is 6. The Morgan fingerprint density at radius 3 is 2.74 bits per heavy atom. The number of rotatable bonds is 4. The van der Waals surface area contributed by atoms with Gasteiger partial charge in [0.1, 0.15) is 16.1 Å². The van der Waals surface area contributed by atoms with Crippen molar-refractivity contribution in [2.24, 2.45) is 0 Å². The first kappa shape index (κ1) is 19.1. The molecule has 0 aliphatic carbocycles. The Bertz CT molecular complexity index is 1040. The number of benzene rings is 1. The molecule has 3 aromatic rings. The molecule has 1 atom stereocenters. The predicted octanol–water partition coefficient (Wildman–Crippen LogP) is 4.70. The minimum atomic E-state index is -4.69. The van der Waals surface area contributed by atoms with Crippen LogP contribution in [0.2, 0.25) is 0 Å². The highest BCUT2D eigenvalue weighted by Gasteiger charge is 2.36. The van der Waals surface area contributed by atoms with Crippen molar-refractivity contribution in [1.82, 2.24) is 9.97 Å². The highest BCUT2D eigenvalue weighted by molar-refractivity contribution is 8.00. The number of aromatic nitrogens is 2. The summed E-state index contributed by atoms with van der Waals surface area (Å²) < 4.78 is 39.3. The molecule has 2 heterocycles. The number of nitrogens with zero attached hydrogens (tertiary/aromatic N) is 3. The maximum absolute atomic E-state index is 13.1. The fraction of sp³-hybridized carbons (Fsp3) is 0.176. The minimum Gasteiger partial charge on any atom is -0.316 e. The molecule has 2 aromatic heterocycles.